The Kier molecular flexibility index (Phi) is 7.40. The van der Waals surface area contributed by atoms with Gasteiger partial charge < -0.3 is 23.9 Å². The Morgan fingerprint density at radius 1 is 1.15 bits per heavy atom. The summed E-state index contributed by atoms with van der Waals surface area (Å²) in [5.74, 6) is 0.996. The summed E-state index contributed by atoms with van der Waals surface area (Å²) in [7, 11) is 1.59. The molecule has 0 saturated heterocycles. The molecule has 1 atom stereocenters. The minimum Gasteiger partial charge on any atom is -0.497 e. The predicted octanol–water partition coefficient (Wildman–Crippen LogP) is 2.46. The monoisotopic (exact) mass is 379 g/mol. The van der Waals surface area contributed by atoms with Gasteiger partial charge in [-0.2, -0.15) is 12.6 Å². The molecule has 0 spiro atoms. The molecule has 140 valence electrons. The summed E-state index contributed by atoms with van der Waals surface area (Å²) >= 11 is 4.05. The van der Waals surface area contributed by atoms with Crippen molar-refractivity contribution < 1.29 is 28.2 Å². The Hall–Kier alpha value is -2.61. The van der Waals surface area contributed by atoms with Crippen molar-refractivity contribution in [2.45, 2.75) is 19.6 Å². The zero-order chi connectivity index (χ0) is 18.9. The molecular formula is C18H21NO6S. The van der Waals surface area contributed by atoms with Gasteiger partial charge in [0.25, 0.3) is 5.91 Å². The fourth-order valence-corrected chi connectivity index (χ4v) is 2.30. The Labute approximate surface area is 157 Å². The first kappa shape index (κ1) is 19.7. The summed E-state index contributed by atoms with van der Waals surface area (Å²) in [6.45, 7) is 2.08. The molecule has 7 nitrogen and oxygen atoms in total. The number of esters is 1. The summed E-state index contributed by atoms with van der Waals surface area (Å²) in [6.07, 6.45) is 0. The molecule has 8 heteroatoms. The van der Waals surface area contributed by atoms with Crippen LogP contribution < -0.4 is 14.8 Å². The van der Waals surface area contributed by atoms with Crippen molar-refractivity contribution in [3.63, 3.8) is 0 Å². The van der Waals surface area contributed by atoms with E-state index in [1.54, 1.807) is 44.4 Å². The predicted molar refractivity (Wildman–Crippen MR) is 97.8 cm³/mol. The first-order valence-corrected chi connectivity index (χ1v) is 8.64. The van der Waals surface area contributed by atoms with Gasteiger partial charge in [-0.3, -0.25) is 4.79 Å². The van der Waals surface area contributed by atoms with Gasteiger partial charge in [0.2, 0.25) is 0 Å². The van der Waals surface area contributed by atoms with Crippen LogP contribution in [0.5, 0.6) is 11.5 Å². The lowest BCUT2D eigenvalue weighted by Crippen LogP contribution is -2.43. The third kappa shape index (κ3) is 5.45. The zero-order valence-electron chi connectivity index (χ0n) is 14.6. The van der Waals surface area contributed by atoms with Gasteiger partial charge in [-0.1, -0.05) is 0 Å². The minimum absolute atomic E-state index is 0.0782. The molecule has 0 saturated carbocycles. The van der Waals surface area contributed by atoms with Crippen molar-refractivity contribution >= 4 is 24.5 Å². The quantitative estimate of drug-likeness (QED) is 0.514. The number of nitrogens with one attached hydrogen (secondary N) is 1. The molecule has 2 rings (SSSR count). The first-order valence-electron chi connectivity index (χ1n) is 8.01. The highest BCUT2D eigenvalue weighted by Crippen LogP contribution is 2.19. The van der Waals surface area contributed by atoms with Gasteiger partial charge in [-0.05, 0) is 43.3 Å². The van der Waals surface area contributed by atoms with E-state index in [2.05, 4.69) is 17.9 Å². The largest absolute Gasteiger partial charge is 0.497 e. The van der Waals surface area contributed by atoms with Gasteiger partial charge in [0, 0.05) is 5.75 Å². The standard InChI is InChI=1S/C18H21NO6S/c1-3-23-18(21)15(11-26)19-17(20)16-9-8-14(25-16)10-24-13-6-4-12(22-2)5-7-13/h4-9,15,26H,3,10-11H2,1-2H3,(H,19,20)/t15-/m0/s1. The summed E-state index contributed by atoms with van der Waals surface area (Å²) in [4.78, 5) is 23.9. The van der Waals surface area contributed by atoms with Gasteiger partial charge in [-0.25, -0.2) is 4.79 Å². The molecule has 1 aromatic carbocycles. The van der Waals surface area contributed by atoms with E-state index < -0.39 is 17.9 Å². The number of methoxy groups -OCH3 is 1. The molecule has 1 amide bonds. The maximum atomic E-state index is 12.2. The van der Waals surface area contributed by atoms with Crippen molar-refractivity contribution in [3.05, 3.63) is 47.9 Å². The van der Waals surface area contributed by atoms with Crippen LogP contribution in [0.2, 0.25) is 0 Å². The number of carbonyl (C=O) groups excluding carboxylic acids is 2. The number of furan rings is 1. The molecule has 0 fully saturated rings. The number of rotatable bonds is 9. The Morgan fingerprint density at radius 2 is 1.85 bits per heavy atom. The molecule has 2 aromatic rings. The maximum Gasteiger partial charge on any atom is 0.329 e. The van der Waals surface area contributed by atoms with Crippen molar-refractivity contribution in [1.82, 2.24) is 5.32 Å². The van der Waals surface area contributed by atoms with Gasteiger partial charge in [0.15, 0.2) is 5.76 Å². The van der Waals surface area contributed by atoms with E-state index in [1.807, 2.05) is 0 Å². The molecule has 0 aliphatic rings. The number of hydrogen-bond acceptors (Lipinski definition) is 7. The van der Waals surface area contributed by atoms with E-state index in [4.69, 9.17) is 18.6 Å². The molecule has 0 bridgehead atoms. The topological polar surface area (TPSA) is 87.0 Å². The van der Waals surface area contributed by atoms with Crippen LogP contribution in [0.3, 0.4) is 0 Å². The fraction of sp³-hybridized carbons (Fsp3) is 0.333. The van der Waals surface area contributed by atoms with Gasteiger partial charge in [-0.15, -0.1) is 0 Å². The summed E-state index contributed by atoms with van der Waals surface area (Å²) in [5.41, 5.74) is 0. The van der Waals surface area contributed by atoms with Crippen molar-refractivity contribution in [3.8, 4) is 11.5 Å². The smallest absolute Gasteiger partial charge is 0.329 e. The summed E-state index contributed by atoms with van der Waals surface area (Å²) in [6, 6.07) is 9.42. The Bertz CT molecular complexity index is 728. The van der Waals surface area contributed by atoms with E-state index in [9.17, 15) is 9.59 Å². The van der Waals surface area contributed by atoms with Crippen LogP contribution >= 0.6 is 12.6 Å². The number of hydrogen-bond donors (Lipinski definition) is 2. The van der Waals surface area contributed by atoms with Crippen LogP contribution in [-0.2, 0) is 16.1 Å². The zero-order valence-corrected chi connectivity index (χ0v) is 15.5. The molecule has 0 aliphatic heterocycles. The normalized spacial score (nSPS) is 11.5. The third-order valence-corrected chi connectivity index (χ3v) is 3.75. The molecule has 0 radical (unpaired) electrons. The van der Waals surface area contributed by atoms with Crippen LogP contribution in [0.1, 0.15) is 23.2 Å². The second-order valence-electron chi connectivity index (χ2n) is 5.19. The van der Waals surface area contributed by atoms with Crippen molar-refractivity contribution in [2.24, 2.45) is 0 Å². The second-order valence-corrected chi connectivity index (χ2v) is 5.56. The first-order chi connectivity index (χ1) is 12.6. The van der Waals surface area contributed by atoms with E-state index in [0.29, 0.717) is 11.5 Å². The fourth-order valence-electron chi connectivity index (χ4n) is 2.06. The average molecular weight is 379 g/mol. The number of amides is 1. The van der Waals surface area contributed by atoms with Crippen LogP contribution in [0, 0.1) is 0 Å². The highest BCUT2D eigenvalue weighted by Gasteiger charge is 2.22. The third-order valence-electron chi connectivity index (χ3n) is 3.38. The lowest BCUT2D eigenvalue weighted by atomic mass is 10.3. The van der Waals surface area contributed by atoms with Crippen LogP contribution in [0.25, 0.3) is 0 Å². The van der Waals surface area contributed by atoms with Crippen LogP contribution in [0.15, 0.2) is 40.8 Å². The molecular weight excluding hydrogens is 358 g/mol. The summed E-state index contributed by atoms with van der Waals surface area (Å²) in [5, 5.41) is 2.53. The van der Waals surface area contributed by atoms with Crippen molar-refractivity contribution in [2.75, 3.05) is 19.5 Å². The number of carbonyl (C=O) groups is 2. The molecule has 1 N–H and O–H groups in total. The molecule has 1 heterocycles. The highest BCUT2D eigenvalue weighted by molar-refractivity contribution is 7.80. The van der Waals surface area contributed by atoms with Gasteiger partial charge in [0.05, 0.1) is 13.7 Å². The minimum atomic E-state index is -0.838. The van der Waals surface area contributed by atoms with Crippen LogP contribution in [0.4, 0.5) is 0 Å². The highest BCUT2D eigenvalue weighted by atomic mass is 32.1. The Balaban J connectivity index is 1.91. The number of benzene rings is 1. The number of thiol groups is 1. The van der Waals surface area contributed by atoms with Gasteiger partial charge >= 0.3 is 5.97 Å². The van der Waals surface area contributed by atoms with E-state index in [-0.39, 0.29) is 24.7 Å². The van der Waals surface area contributed by atoms with E-state index in [0.717, 1.165) is 5.75 Å². The SMILES string of the molecule is CCOC(=O)[C@H](CS)NC(=O)c1ccc(COc2ccc(OC)cc2)o1. The van der Waals surface area contributed by atoms with E-state index >= 15 is 0 Å². The van der Waals surface area contributed by atoms with Gasteiger partial charge in [0.1, 0.15) is 29.9 Å². The van der Waals surface area contributed by atoms with Crippen LogP contribution in [-0.4, -0.2) is 37.4 Å². The molecule has 1 aromatic heterocycles. The summed E-state index contributed by atoms with van der Waals surface area (Å²) < 4.78 is 21.0. The molecule has 26 heavy (non-hydrogen) atoms. The lowest BCUT2D eigenvalue weighted by Gasteiger charge is -2.13. The maximum absolute atomic E-state index is 12.2. The van der Waals surface area contributed by atoms with Crippen molar-refractivity contribution in [1.29, 1.82) is 0 Å². The lowest BCUT2D eigenvalue weighted by molar-refractivity contribution is -0.144. The number of ether oxygens (including phenoxy) is 3. The average Bonchev–Trinajstić information content (AvgIpc) is 3.14. The molecule has 0 unspecified atom stereocenters. The Morgan fingerprint density at radius 3 is 2.46 bits per heavy atom. The second kappa shape index (κ2) is 9.76. The molecule has 0 aliphatic carbocycles. The van der Waals surface area contributed by atoms with E-state index in [1.165, 1.54) is 6.07 Å².